The zero-order valence-corrected chi connectivity index (χ0v) is 15.7. The normalized spacial score (nSPS) is 11.0. The maximum atomic E-state index is 12.7. The minimum absolute atomic E-state index is 0.0689. The van der Waals surface area contributed by atoms with Crippen molar-refractivity contribution in [2.45, 2.75) is 12.6 Å². The van der Waals surface area contributed by atoms with Gasteiger partial charge in [-0.25, -0.2) is 0 Å². The first-order valence-corrected chi connectivity index (χ1v) is 8.90. The third-order valence-corrected chi connectivity index (χ3v) is 4.30. The van der Waals surface area contributed by atoms with E-state index in [2.05, 4.69) is 17.2 Å². The van der Waals surface area contributed by atoms with Gasteiger partial charge in [-0.05, 0) is 29.8 Å². The molecule has 0 radical (unpaired) electrons. The van der Waals surface area contributed by atoms with E-state index in [1.807, 2.05) is 42.1 Å². The number of hydrogen-bond donors (Lipinski definition) is 1. The molecule has 29 heavy (non-hydrogen) atoms. The van der Waals surface area contributed by atoms with Crippen LogP contribution in [0.25, 0.3) is 10.9 Å². The van der Waals surface area contributed by atoms with Crippen molar-refractivity contribution in [1.82, 2.24) is 9.88 Å². The molecular formula is C22H19F3N2O2. The number of ether oxygens (including phenoxy) is 1. The molecule has 0 saturated heterocycles. The molecule has 1 aromatic heterocycles. The first kappa shape index (κ1) is 20.3. The second-order valence-electron chi connectivity index (χ2n) is 6.40. The summed E-state index contributed by atoms with van der Waals surface area (Å²) < 4.78 is 45.1. The van der Waals surface area contributed by atoms with Gasteiger partial charge in [-0.3, -0.25) is 4.79 Å². The third-order valence-electron chi connectivity index (χ3n) is 4.30. The highest BCUT2D eigenvalue weighted by Crippen LogP contribution is 2.31. The number of rotatable bonds is 5. The molecule has 0 atom stereocenters. The van der Waals surface area contributed by atoms with Crippen LogP contribution < -0.4 is 10.1 Å². The van der Waals surface area contributed by atoms with Crippen molar-refractivity contribution in [1.29, 1.82) is 0 Å². The SMILES string of the molecule is Cn1cc(CC(=O)NCC#CCOc2cccc(C(F)(F)F)c2)c2ccccc21. The van der Waals surface area contributed by atoms with Gasteiger partial charge in [-0.2, -0.15) is 13.2 Å². The van der Waals surface area contributed by atoms with Crippen LogP contribution in [-0.4, -0.2) is 23.6 Å². The molecule has 4 nitrogen and oxygen atoms in total. The van der Waals surface area contributed by atoms with Crippen LogP contribution in [-0.2, 0) is 24.4 Å². The monoisotopic (exact) mass is 400 g/mol. The number of amides is 1. The summed E-state index contributed by atoms with van der Waals surface area (Å²) in [6.45, 7) is 0.0655. The fourth-order valence-corrected chi connectivity index (χ4v) is 2.94. The molecule has 1 heterocycles. The highest BCUT2D eigenvalue weighted by molar-refractivity contribution is 5.89. The van der Waals surface area contributed by atoms with Gasteiger partial charge in [0, 0.05) is 24.1 Å². The van der Waals surface area contributed by atoms with E-state index >= 15 is 0 Å². The summed E-state index contributed by atoms with van der Waals surface area (Å²) in [5.74, 6) is 5.33. The number of aryl methyl sites for hydroxylation is 1. The number of benzene rings is 2. The van der Waals surface area contributed by atoms with Gasteiger partial charge in [0.05, 0.1) is 18.5 Å². The largest absolute Gasteiger partial charge is 0.481 e. The van der Waals surface area contributed by atoms with Crippen LogP contribution in [0.2, 0.25) is 0 Å². The standard InChI is InChI=1S/C22H19F3N2O2/c1-27-15-16(19-9-2-3-10-20(19)27)13-21(28)26-11-4-5-12-29-18-8-6-7-17(14-18)22(23,24)25/h2-3,6-10,14-15H,11-13H2,1H3,(H,26,28). The number of carbonyl (C=O) groups excluding carboxylic acids is 1. The topological polar surface area (TPSA) is 43.3 Å². The molecule has 0 aliphatic rings. The summed E-state index contributed by atoms with van der Waals surface area (Å²) >= 11 is 0. The minimum atomic E-state index is -4.42. The number of alkyl halides is 3. The fourth-order valence-electron chi connectivity index (χ4n) is 2.94. The molecule has 1 N–H and O–H groups in total. The van der Waals surface area contributed by atoms with Crippen LogP contribution in [0.1, 0.15) is 11.1 Å². The highest BCUT2D eigenvalue weighted by Gasteiger charge is 2.30. The van der Waals surface area contributed by atoms with Gasteiger partial charge in [0.25, 0.3) is 0 Å². The van der Waals surface area contributed by atoms with Crippen molar-refractivity contribution in [3.8, 4) is 17.6 Å². The van der Waals surface area contributed by atoms with E-state index in [0.29, 0.717) is 0 Å². The van der Waals surface area contributed by atoms with Crippen LogP contribution in [0, 0.1) is 11.8 Å². The molecule has 0 saturated carbocycles. The lowest BCUT2D eigenvalue weighted by atomic mass is 10.1. The Balaban J connectivity index is 1.46. The Morgan fingerprint density at radius 3 is 2.72 bits per heavy atom. The van der Waals surface area contributed by atoms with Gasteiger partial charge in [0.1, 0.15) is 12.4 Å². The van der Waals surface area contributed by atoms with Gasteiger partial charge in [-0.1, -0.05) is 36.1 Å². The number of fused-ring (bicyclic) bond motifs is 1. The number of halogens is 3. The Hall–Kier alpha value is -3.40. The van der Waals surface area contributed by atoms with Crippen LogP contribution in [0.5, 0.6) is 5.75 Å². The molecule has 0 bridgehead atoms. The zero-order valence-electron chi connectivity index (χ0n) is 15.7. The molecule has 3 aromatic rings. The molecule has 0 fully saturated rings. The maximum absolute atomic E-state index is 12.7. The Bertz CT molecular complexity index is 1070. The predicted octanol–water partition coefficient (Wildman–Crippen LogP) is 3.94. The second kappa shape index (κ2) is 8.74. The number of hydrogen-bond acceptors (Lipinski definition) is 2. The number of nitrogens with zero attached hydrogens (tertiary/aromatic N) is 1. The molecule has 3 rings (SSSR count). The van der Waals surface area contributed by atoms with E-state index in [9.17, 15) is 18.0 Å². The Labute approximate surface area is 166 Å². The molecule has 2 aromatic carbocycles. The lowest BCUT2D eigenvalue weighted by Gasteiger charge is -2.08. The average Bonchev–Trinajstić information content (AvgIpc) is 3.00. The molecule has 0 spiro atoms. The molecule has 0 aliphatic heterocycles. The van der Waals surface area contributed by atoms with Crippen LogP contribution >= 0.6 is 0 Å². The van der Waals surface area contributed by atoms with Crippen molar-refractivity contribution in [3.05, 3.63) is 65.9 Å². The van der Waals surface area contributed by atoms with Crippen molar-refractivity contribution < 1.29 is 22.7 Å². The summed E-state index contributed by atoms with van der Waals surface area (Å²) in [7, 11) is 1.93. The molecule has 150 valence electrons. The molecule has 1 amide bonds. The van der Waals surface area contributed by atoms with E-state index in [4.69, 9.17) is 4.74 Å². The lowest BCUT2D eigenvalue weighted by Crippen LogP contribution is -2.25. The quantitative estimate of drug-likeness (QED) is 0.660. The number of carbonyl (C=O) groups is 1. The molecule has 0 unspecified atom stereocenters. The first-order chi connectivity index (χ1) is 13.8. The fraction of sp³-hybridized carbons (Fsp3) is 0.227. The van der Waals surface area contributed by atoms with E-state index in [0.717, 1.165) is 28.6 Å². The zero-order chi connectivity index (χ0) is 20.9. The first-order valence-electron chi connectivity index (χ1n) is 8.90. The summed E-state index contributed by atoms with van der Waals surface area (Å²) in [5, 5.41) is 3.74. The maximum Gasteiger partial charge on any atom is 0.416 e. The van der Waals surface area contributed by atoms with Crippen molar-refractivity contribution in [2.75, 3.05) is 13.2 Å². The summed E-state index contributed by atoms with van der Waals surface area (Å²) in [6.07, 6.45) is -2.25. The third kappa shape index (κ3) is 5.32. The van der Waals surface area contributed by atoms with Gasteiger partial charge >= 0.3 is 6.18 Å². The Morgan fingerprint density at radius 1 is 1.14 bits per heavy atom. The van der Waals surface area contributed by atoms with Gasteiger partial charge in [-0.15, -0.1) is 0 Å². The highest BCUT2D eigenvalue weighted by atomic mass is 19.4. The van der Waals surface area contributed by atoms with Crippen LogP contribution in [0.3, 0.4) is 0 Å². The van der Waals surface area contributed by atoms with Crippen molar-refractivity contribution in [2.24, 2.45) is 7.05 Å². The summed E-state index contributed by atoms with van der Waals surface area (Å²) in [4.78, 5) is 12.1. The summed E-state index contributed by atoms with van der Waals surface area (Å²) in [6, 6.07) is 12.5. The Morgan fingerprint density at radius 2 is 1.93 bits per heavy atom. The van der Waals surface area contributed by atoms with E-state index in [1.165, 1.54) is 12.1 Å². The van der Waals surface area contributed by atoms with E-state index < -0.39 is 11.7 Å². The van der Waals surface area contributed by atoms with Crippen LogP contribution in [0.4, 0.5) is 13.2 Å². The molecule has 0 aliphatic carbocycles. The van der Waals surface area contributed by atoms with Gasteiger partial charge in [0.15, 0.2) is 0 Å². The molecule has 7 heteroatoms. The minimum Gasteiger partial charge on any atom is -0.481 e. The van der Waals surface area contributed by atoms with Crippen LogP contribution in [0.15, 0.2) is 54.7 Å². The van der Waals surface area contributed by atoms with Gasteiger partial charge in [0.2, 0.25) is 5.91 Å². The van der Waals surface area contributed by atoms with E-state index in [1.54, 1.807) is 0 Å². The predicted molar refractivity (Wildman–Crippen MR) is 104 cm³/mol. The average molecular weight is 400 g/mol. The van der Waals surface area contributed by atoms with E-state index in [-0.39, 0.29) is 31.2 Å². The number of para-hydroxylation sites is 1. The second-order valence-corrected chi connectivity index (χ2v) is 6.40. The smallest absolute Gasteiger partial charge is 0.416 e. The van der Waals surface area contributed by atoms with Gasteiger partial charge < -0.3 is 14.6 Å². The number of nitrogens with one attached hydrogen (secondary N) is 1. The number of aromatic nitrogens is 1. The van der Waals surface area contributed by atoms with Crippen molar-refractivity contribution in [3.63, 3.8) is 0 Å². The lowest BCUT2D eigenvalue weighted by molar-refractivity contribution is -0.137. The molecular weight excluding hydrogens is 381 g/mol. The van der Waals surface area contributed by atoms with Crippen molar-refractivity contribution >= 4 is 16.8 Å². The summed E-state index contributed by atoms with van der Waals surface area (Å²) in [5.41, 5.74) is 1.21. The Kier molecular flexibility index (Phi) is 6.13.